The predicted molar refractivity (Wildman–Crippen MR) is 112 cm³/mol. The Morgan fingerprint density at radius 1 is 1.24 bits per heavy atom. The molecule has 5 rings (SSSR count). The molecule has 4 heterocycles. The van der Waals surface area contributed by atoms with Crippen molar-refractivity contribution in [1.29, 1.82) is 0 Å². The van der Waals surface area contributed by atoms with Crippen LogP contribution in [-0.2, 0) is 4.74 Å². The number of thiazole rings is 1. The molecule has 0 aromatic carbocycles. The zero-order valence-electron chi connectivity index (χ0n) is 16.1. The van der Waals surface area contributed by atoms with Crippen LogP contribution in [0, 0.1) is 0 Å². The summed E-state index contributed by atoms with van der Waals surface area (Å²) < 4.78 is 5.49. The number of H-pyrrole nitrogens is 1. The second-order valence-corrected chi connectivity index (χ2v) is 8.72. The average Bonchev–Trinajstić information content (AvgIpc) is 3.41. The third-order valence-electron chi connectivity index (χ3n) is 6.25. The van der Waals surface area contributed by atoms with E-state index in [0.717, 1.165) is 54.2 Å². The third kappa shape index (κ3) is 3.68. The molecule has 2 aliphatic rings. The maximum absolute atomic E-state index is 11.2. The summed E-state index contributed by atoms with van der Waals surface area (Å²) in [6, 6.07) is 2.90. The minimum absolute atomic E-state index is 0.111. The lowest BCUT2D eigenvalue weighted by molar-refractivity contribution is 0.00729. The van der Waals surface area contributed by atoms with Crippen molar-refractivity contribution in [3.63, 3.8) is 0 Å². The van der Waals surface area contributed by atoms with Gasteiger partial charge < -0.3 is 14.8 Å². The van der Waals surface area contributed by atoms with Crippen LogP contribution < -0.4 is 0 Å². The minimum atomic E-state index is -0.989. The van der Waals surface area contributed by atoms with E-state index in [4.69, 9.17) is 9.84 Å². The summed E-state index contributed by atoms with van der Waals surface area (Å²) in [4.78, 5) is 25.8. The molecule has 3 aromatic heterocycles. The number of ether oxygens (including phenoxy) is 1. The molecule has 1 saturated heterocycles. The lowest BCUT2D eigenvalue weighted by Gasteiger charge is -2.38. The van der Waals surface area contributed by atoms with Gasteiger partial charge in [0.05, 0.1) is 18.9 Å². The number of carboxylic acid groups (broad SMARTS) is 1. The summed E-state index contributed by atoms with van der Waals surface area (Å²) in [6.45, 7) is 3.83. The standard InChI is InChI=1S/C21H24N4O3S/c26-21(27)20-24-18(12-29-20)17-11-23-19-16(17)9-14(10-22-19)13-1-3-15(4-2-13)25-5-7-28-8-6-25/h9-13,15H,1-8H2,(H,22,23)(H,26,27)/t13-,15-. The summed E-state index contributed by atoms with van der Waals surface area (Å²) in [7, 11) is 0. The number of pyridine rings is 1. The van der Waals surface area contributed by atoms with Crippen molar-refractivity contribution >= 4 is 28.3 Å². The van der Waals surface area contributed by atoms with E-state index in [0.29, 0.717) is 17.7 Å². The van der Waals surface area contributed by atoms with Crippen molar-refractivity contribution in [3.05, 3.63) is 34.4 Å². The van der Waals surface area contributed by atoms with E-state index in [2.05, 4.69) is 25.9 Å². The summed E-state index contributed by atoms with van der Waals surface area (Å²) in [5, 5.41) is 12.1. The number of rotatable bonds is 4. The van der Waals surface area contributed by atoms with E-state index in [1.54, 1.807) is 5.38 Å². The zero-order valence-corrected chi connectivity index (χ0v) is 17.0. The van der Waals surface area contributed by atoms with Crippen LogP contribution in [0.2, 0.25) is 0 Å². The first-order chi connectivity index (χ1) is 14.2. The second kappa shape index (κ2) is 7.85. The van der Waals surface area contributed by atoms with Gasteiger partial charge in [0.2, 0.25) is 5.01 Å². The maximum Gasteiger partial charge on any atom is 0.365 e. The monoisotopic (exact) mass is 412 g/mol. The van der Waals surface area contributed by atoms with Crippen molar-refractivity contribution < 1.29 is 14.6 Å². The van der Waals surface area contributed by atoms with Crippen molar-refractivity contribution in [2.75, 3.05) is 26.3 Å². The number of hydrogen-bond acceptors (Lipinski definition) is 6. The van der Waals surface area contributed by atoms with E-state index in [1.165, 1.54) is 31.2 Å². The molecule has 0 bridgehead atoms. The van der Waals surface area contributed by atoms with Gasteiger partial charge in [0.25, 0.3) is 0 Å². The Balaban J connectivity index is 1.35. The first-order valence-electron chi connectivity index (χ1n) is 10.2. The number of aromatic amines is 1. The molecule has 1 aliphatic heterocycles. The molecule has 29 heavy (non-hydrogen) atoms. The van der Waals surface area contributed by atoms with E-state index in [-0.39, 0.29) is 5.01 Å². The maximum atomic E-state index is 11.2. The molecule has 0 radical (unpaired) electrons. The Kier molecular flexibility index (Phi) is 5.07. The van der Waals surface area contributed by atoms with Gasteiger partial charge in [-0.05, 0) is 43.2 Å². The molecule has 2 N–H and O–H groups in total. The van der Waals surface area contributed by atoms with Crippen molar-refractivity contribution in [1.82, 2.24) is 19.9 Å². The van der Waals surface area contributed by atoms with Crippen LogP contribution in [0.4, 0.5) is 0 Å². The highest BCUT2D eigenvalue weighted by molar-refractivity contribution is 7.11. The van der Waals surface area contributed by atoms with E-state index in [1.807, 2.05) is 12.4 Å². The Morgan fingerprint density at radius 3 is 2.76 bits per heavy atom. The minimum Gasteiger partial charge on any atom is -0.476 e. The lowest BCUT2D eigenvalue weighted by atomic mass is 9.81. The smallest absolute Gasteiger partial charge is 0.365 e. The molecule has 2 fully saturated rings. The number of carboxylic acids is 1. The Hall–Kier alpha value is -2.29. The van der Waals surface area contributed by atoms with Crippen LogP contribution >= 0.6 is 11.3 Å². The largest absolute Gasteiger partial charge is 0.476 e. The van der Waals surface area contributed by atoms with Gasteiger partial charge in [0.15, 0.2) is 0 Å². The molecular weight excluding hydrogens is 388 g/mol. The highest BCUT2D eigenvalue weighted by Gasteiger charge is 2.28. The molecule has 0 unspecified atom stereocenters. The summed E-state index contributed by atoms with van der Waals surface area (Å²) >= 11 is 1.15. The fourth-order valence-corrected chi connectivity index (χ4v) is 5.32. The third-order valence-corrected chi connectivity index (χ3v) is 7.08. The van der Waals surface area contributed by atoms with Gasteiger partial charge in [-0.3, -0.25) is 4.90 Å². The summed E-state index contributed by atoms with van der Waals surface area (Å²) in [6.07, 6.45) is 8.65. The first kappa shape index (κ1) is 18.7. The summed E-state index contributed by atoms with van der Waals surface area (Å²) in [5.41, 5.74) is 3.69. The van der Waals surface area contributed by atoms with Gasteiger partial charge >= 0.3 is 5.97 Å². The van der Waals surface area contributed by atoms with Crippen LogP contribution in [0.3, 0.4) is 0 Å². The van der Waals surface area contributed by atoms with Crippen LogP contribution in [0.1, 0.15) is 47.0 Å². The number of fused-ring (bicyclic) bond motifs is 1. The number of aromatic nitrogens is 3. The van der Waals surface area contributed by atoms with Gasteiger partial charge in [-0.15, -0.1) is 11.3 Å². The van der Waals surface area contributed by atoms with Crippen LogP contribution in [-0.4, -0.2) is 63.3 Å². The molecule has 0 amide bonds. The van der Waals surface area contributed by atoms with Gasteiger partial charge in [0.1, 0.15) is 5.65 Å². The number of hydrogen-bond donors (Lipinski definition) is 2. The normalized spacial score (nSPS) is 23.4. The number of carbonyl (C=O) groups is 1. The number of nitrogens with zero attached hydrogens (tertiary/aromatic N) is 3. The van der Waals surface area contributed by atoms with Crippen molar-refractivity contribution in [3.8, 4) is 11.3 Å². The van der Waals surface area contributed by atoms with Gasteiger partial charge in [-0.2, -0.15) is 0 Å². The van der Waals surface area contributed by atoms with Gasteiger partial charge in [-0.25, -0.2) is 14.8 Å². The van der Waals surface area contributed by atoms with Crippen LogP contribution in [0.15, 0.2) is 23.8 Å². The fourth-order valence-electron chi connectivity index (χ4n) is 4.67. The molecule has 0 spiro atoms. The Labute approximate surface area is 172 Å². The second-order valence-electron chi connectivity index (χ2n) is 7.86. The number of morpholine rings is 1. The summed E-state index contributed by atoms with van der Waals surface area (Å²) in [5.74, 6) is -0.464. The predicted octanol–water partition coefficient (Wildman–Crippen LogP) is 3.74. The zero-order chi connectivity index (χ0) is 19.8. The Morgan fingerprint density at radius 2 is 2.03 bits per heavy atom. The topological polar surface area (TPSA) is 91.3 Å². The highest BCUT2D eigenvalue weighted by atomic mass is 32.1. The molecule has 0 atom stereocenters. The van der Waals surface area contributed by atoms with E-state index < -0.39 is 5.97 Å². The SMILES string of the molecule is O=C(O)c1nc(-c2c[nH]c3ncc([C@H]4CC[C@H](N5CCOCC5)CC4)cc23)cs1. The van der Waals surface area contributed by atoms with Gasteiger partial charge in [-0.1, -0.05) is 0 Å². The molecule has 1 saturated carbocycles. The molecule has 3 aromatic rings. The molecule has 8 heteroatoms. The molecular formula is C21H24N4O3S. The number of nitrogens with one attached hydrogen (secondary N) is 1. The quantitative estimate of drug-likeness (QED) is 0.678. The average molecular weight is 413 g/mol. The van der Waals surface area contributed by atoms with Crippen LogP contribution in [0.25, 0.3) is 22.3 Å². The lowest BCUT2D eigenvalue weighted by Crippen LogP contribution is -2.44. The first-order valence-corrected chi connectivity index (χ1v) is 11.0. The molecule has 7 nitrogen and oxygen atoms in total. The van der Waals surface area contributed by atoms with Crippen molar-refractivity contribution in [2.45, 2.75) is 37.6 Å². The fraction of sp³-hybridized carbons (Fsp3) is 0.476. The molecule has 1 aliphatic carbocycles. The Bertz CT molecular complexity index is 1020. The van der Waals surface area contributed by atoms with Crippen molar-refractivity contribution in [2.24, 2.45) is 0 Å². The number of aromatic carboxylic acids is 1. The molecule has 152 valence electrons. The van der Waals surface area contributed by atoms with Gasteiger partial charge in [0, 0.05) is 47.9 Å². The van der Waals surface area contributed by atoms with E-state index in [9.17, 15) is 4.79 Å². The van der Waals surface area contributed by atoms with E-state index >= 15 is 0 Å². The van der Waals surface area contributed by atoms with Crippen LogP contribution in [0.5, 0.6) is 0 Å². The highest BCUT2D eigenvalue weighted by Crippen LogP contribution is 2.37.